The second-order valence-electron chi connectivity index (χ2n) is 7.56. The summed E-state index contributed by atoms with van der Waals surface area (Å²) in [5.41, 5.74) is 21.1. The van der Waals surface area contributed by atoms with E-state index in [0.29, 0.717) is 6.42 Å². The van der Waals surface area contributed by atoms with Crippen molar-refractivity contribution < 1.29 is 34.2 Å². The van der Waals surface area contributed by atoms with E-state index in [1.165, 1.54) is 4.90 Å². The Balaban J connectivity index is 2.92. The summed E-state index contributed by atoms with van der Waals surface area (Å²) in [5.74, 6) is -4.55. The molecule has 1 fully saturated rings. The number of aliphatic carboxylic acids is 1. The van der Waals surface area contributed by atoms with E-state index in [4.69, 9.17) is 22.9 Å². The molecule has 33 heavy (non-hydrogen) atoms. The zero-order valence-corrected chi connectivity index (χ0v) is 18.1. The Hall–Kier alpha value is -3.46. The SMILES string of the molecule is NC(=O)CC(N)C(=O)NC(CO)C(=O)NC(CCCN=C(N)N)C(=O)N1CCCC1C(=O)O. The van der Waals surface area contributed by atoms with Gasteiger partial charge in [-0.15, -0.1) is 0 Å². The van der Waals surface area contributed by atoms with Crippen molar-refractivity contribution in [2.45, 2.75) is 56.3 Å². The molecule has 4 atom stereocenters. The maximum atomic E-state index is 13.0. The molecule has 4 unspecified atom stereocenters. The van der Waals surface area contributed by atoms with Crippen LogP contribution in [-0.2, 0) is 24.0 Å². The number of hydrogen-bond donors (Lipinski definition) is 8. The molecule has 1 saturated heterocycles. The number of aliphatic hydroxyl groups is 1. The van der Waals surface area contributed by atoms with Gasteiger partial charge in [-0.2, -0.15) is 0 Å². The van der Waals surface area contributed by atoms with Gasteiger partial charge in [0.15, 0.2) is 5.96 Å². The highest BCUT2D eigenvalue weighted by Gasteiger charge is 2.38. The molecule has 0 radical (unpaired) electrons. The maximum absolute atomic E-state index is 13.0. The van der Waals surface area contributed by atoms with Crippen LogP contribution < -0.4 is 33.6 Å². The Bertz CT molecular complexity index is 771. The lowest BCUT2D eigenvalue weighted by atomic mass is 10.1. The van der Waals surface area contributed by atoms with Gasteiger partial charge >= 0.3 is 5.97 Å². The van der Waals surface area contributed by atoms with Gasteiger partial charge in [-0.25, -0.2) is 4.79 Å². The van der Waals surface area contributed by atoms with Crippen molar-refractivity contribution >= 4 is 35.6 Å². The Morgan fingerprint density at radius 1 is 1.06 bits per heavy atom. The van der Waals surface area contributed by atoms with Crippen LogP contribution in [0.15, 0.2) is 4.99 Å². The fourth-order valence-electron chi connectivity index (χ4n) is 3.30. The minimum atomic E-state index is -1.47. The van der Waals surface area contributed by atoms with Gasteiger partial charge < -0.3 is 48.7 Å². The van der Waals surface area contributed by atoms with Crippen LogP contribution in [-0.4, -0.2) is 94.5 Å². The molecule has 0 bridgehead atoms. The largest absolute Gasteiger partial charge is 0.480 e. The van der Waals surface area contributed by atoms with E-state index in [2.05, 4.69) is 15.6 Å². The number of hydrogen-bond acceptors (Lipinski definition) is 8. The Morgan fingerprint density at radius 2 is 1.70 bits per heavy atom. The summed E-state index contributed by atoms with van der Waals surface area (Å²) in [4.78, 5) is 65.1. The molecule has 1 heterocycles. The summed E-state index contributed by atoms with van der Waals surface area (Å²) in [6.45, 7) is -0.456. The number of aliphatic imine (C=N–C) groups is 1. The molecule has 0 aromatic heterocycles. The average molecular weight is 473 g/mol. The van der Waals surface area contributed by atoms with Crippen LogP contribution in [0.1, 0.15) is 32.1 Å². The number of carboxylic acids is 1. The van der Waals surface area contributed by atoms with Crippen molar-refractivity contribution in [3.63, 3.8) is 0 Å². The molecule has 12 N–H and O–H groups in total. The van der Waals surface area contributed by atoms with E-state index in [-0.39, 0.29) is 38.3 Å². The number of nitrogens with one attached hydrogen (secondary N) is 2. The summed E-state index contributed by atoms with van der Waals surface area (Å²) >= 11 is 0. The number of guanidine groups is 1. The molecular weight excluding hydrogens is 440 g/mol. The smallest absolute Gasteiger partial charge is 0.326 e. The number of nitrogens with zero attached hydrogens (tertiary/aromatic N) is 2. The third kappa shape index (κ3) is 8.89. The number of carbonyl (C=O) groups excluding carboxylic acids is 4. The number of carboxylic acid groups (broad SMARTS) is 1. The van der Waals surface area contributed by atoms with Crippen LogP contribution in [0.4, 0.5) is 0 Å². The van der Waals surface area contributed by atoms with Crippen LogP contribution in [0.5, 0.6) is 0 Å². The first-order valence-corrected chi connectivity index (χ1v) is 10.3. The molecule has 1 rings (SSSR count). The van der Waals surface area contributed by atoms with Gasteiger partial charge in [0.25, 0.3) is 0 Å². The van der Waals surface area contributed by atoms with Crippen LogP contribution in [0.25, 0.3) is 0 Å². The number of amides is 4. The van der Waals surface area contributed by atoms with Gasteiger partial charge in [0.2, 0.25) is 23.6 Å². The monoisotopic (exact) mass is 472 g/mol. The summed E-state index contributed by atoms with van der Waals surface area (Å²) in [6.07, 6.45) is 0.646. The summed E-state index contributed by atoms with van der Waals surface area (Å²) in [7, 11) is 0. The van der Waals surface area contributed by atoms with Crippen LogP contribution in [0.3, 0.4) is 0 Å². The molecule has 186 valence electrons. The maximum Gasteiger partial charge on any atom is 0.326 e. The van der Waals surface area contributed by atoms with Gasteiger partial charge in [-0.3, -0.25) is 24.2 Å². The van der Waals surface area contributed by atoms with E-state index in [1.807, 2.05) is 0 Å². The lowest BCUT2D eigenvalue weighted by molar-refractivity contribution is -0.149. The summed E-state index contributed by atoms with van der Waals surface area (Å²) in [5, 5.41) is 23.5. The number of nitrogens with two attached hydrogens (primary N) is 4. The van der Waals surface area contributed by atoms with Crippen molar-refractivity contribution in [1.82, 2.24) is 15.5 Å². The number of carbonyl (C=O) groups is 5. The molecule has 4 amide bonds. The van der Waals surface area contributed by atoms with Gasteiger partial charge in [0.05, 0.1) is 19.1 Å². The third-order valence-electron chi connectivity index (χ3n) is 4.95. The average Bonchev–Trinajstić information content (AvgIpc) is 3.22. The van der Waals surface area contributed by atoms with Crippen molar-refractivity contribution in [3.05, 3.63) is 0 Å². The molecule has 0 aromatic carbocycles. The van der Waals surface area contributed by atoms with Crippen LogP contribution in [0.2, 0.25) is 0 Å². The molecule has 0 aromatic rings. The number of aliphatic hydroxyl groups excluding tert-OH is 1. The van der Waals surface area contributed by atoms with E-state index < -0.39 is 66.8 Å². The Morgan fingerprint density at radius 3 is 2.24 bits per heavy atom. The molecule has 0 aliphatic carbocycles. The highest BCUT2D eigenvalue weighted by molar-refractivity contribution is 5.95. The zero-order valence-electron chi connectivity index (χ0n) is 18.1. The first-order valence-electron chi connectivity index (χ1n) is 10.3. The van der Waals surface area contributed by atoms with E-state index in [1.54, 1.807) is 0 Å². The molecule has 0 spiro atoms. The van der Waals surface area contributed by atoms with E-state index >= 15 is 0 Å². The van der Waals surface area contributed by atoms with Crippen molar-refractivity contribution in [2.24, 2.45) is 27.9 Å². The predicted molar refractivity (Wildman–Crippen MR) is 115 cm³/mol. The lowest BCUT2D eigenvalue weighted by Crippen LogP contribution is -2.58. The van der Waals surface area contributed by atoms with Gasteiger partial charge in [0.1, 0.15) is 18.1 Å². The lowest BCUT2D eigenvalue weighted by Gasteiger charge is -2.28. The van der Waals surface area contributed by atoms with Gasteiger partial charge in [-0.05, 0) is 25.7 Å². The number of rotatable bonds is 13. The first kappa shape index (κ1) is 27.6. The molecule has 15 nitrogen and oxygen atoms in total. The second kappa shape index (κ2) is 13.2. The normalized spacial score (nSPS) is 18.0. The molecule has 15 heteroatoms. The molecule has 0 saturated carbocycles. The van der Waals surface area contributed by atoms with Crippen LogP contribution in [0, 0.1) is 0 Å². The van der Waals surface area contributed by atoms with Gasteiger partial charge in [-0.1, -0.05) is 0 Å². The fourth-order valence-corrected chi connectivity index (χ4v) is 3.30. The van der Waals surface area contributed by atoms with Crippen LogP contribution >= 0.6 is 0 Å². The second-order valence-corrected chi connectivity index (χ2v) is 7.56. The highest BCUT2D eigenvalue weighted by atomic mass is 16.4. The Labute approximate surface area is 189 Å². The first-order chi connectivity index (χ1) is 15.5. The van der Waals surface area contributed by atoms with Crippen molar-refractivity contribution in [3.8, 4) is 0 Å². The van der Waals surface area contributed by atoms with Crippen molar-refractivity contribution in [2.75, 3.05) is 19.7 Å². The summed E-state index contributed by atoms with van der Waals surface area (Å²) < 4.78 is 0. The molecule has 1 aliphatic heterocycles. The standard InChI is InChI=1S/C18H32N8O7/c19-9(7-13(20)28)14(29)25-11(8-27)15(30)24-10(3-1-5-23-18(21)22)16(31)26-6-2-4-12(26)17(32)33/h9-12,27H,1-8,19H2,(H2,20,28)(H,24,30)(H,25,29)(H,32,33)(H4,21,22,23). The summed E-state index contributed by atoms with van der Waals surface area (Å²) in [6, 6.07) is -4.98. The highest BCUT2D eigenvalue weighted by Crippen LogP contribution is 2.19. The van der Waals surface area contributed by atoms with Crippen molar-refractivity contribution in [1.29, 1.82) is 0 Å². The predicted octanol–water partition coefficient (Wildman–Crippen LogP) is -4.72. The Kier molecular flexibility index (Phi) is 11.0. The number of likely N-dealkylation sites (tertiary alicyclic amines) is 1. The van der Waals surface area contributed by atoms with Gasteiger partial charge in [0, 0.05) is 13.1 Å². The third-order valence-corrected chi connectivity index (χ3v) is 4.95. The minimum Gasteiger partial charge on any atom is -0.480 e. The molecular formula is C18H32N8O7. The minimum absolute atomic E-state index is 0.0669. The zero-order chi connectivity index (χ0) is 25.1. The fraction of sp³-hybridized carbons (Fsp3) is 0.667. The number of primary amides is 1. The quantitative estimate of drug-likeness (QED) is 0.0720. The van der Waals surface area contributed by atoms with E-state index in [9.17, 15) is 34.2 Å². The van der Waals surface area contributed by atoms with E-state index in [0.717, 1.165) is 0 Å². The molecule has 1 aliphatic rings. The topological polar surface area (TPSA) is 270 Å².